The van der Waals surface area contributed by atoms with Gasteiger partial charge in [0, 0.05) is 17.7 Å². The molecule has 0 heterocycles. The van der Waals surface area contributed by atoms with Crippen LogP contribution in [-0.2, 0) is 6.42 Å². The van der Waals surface area contributed by atoms with Crippen molar-refractivity contribution in [3.05, 3.63) is 71.3 Å². The molecular weight excluding hydrogens is 374 g/mol. The molecule has 4 nitrogen and oxygen atoms in total. The molecule has 1 N–H and O–H groups in total. The molecule has 3 aromatic carbocycles. The van der Waals surface area contributed by atoms with Crippen LogP contribution in [0.25, 0.3) is 10.8 Å². The molecule has 0 spiro atoms. The van der Waals surface area contributed by atoms with Gasteiger partial charge in [-0.1, -0.05) is 42.5 Å². The molecule has 1 atom stereocenters. The van der Waals surface area contributed by atoms with Crippen LogP contribution in [0.3, 0.4) is 0 Å². The van der Waals surface area contributed by atoms with Crippen molar-refractivity contribution in [3.63, 3.8) is 0 Å². The lowest BCUT2D eigenvalue weighted by Crippen LogP contribution is -2.25. The Balaban J connectivity index is 1.38. The summed E-state index contributed by atoms with van der Waals surface area (Å²) < 4.78 is 11.1. The minimum atomic E-state index is 0.00208. The van der Waals surface area contributed by atoms with Crippen LogP contribution in [0, 0.1) is 0 Å². The van der Waals surface area contributed by atoms with Gasteiger partial charge >= 0.3 is 0 Å². The van der Waals surface area contributed by atoms with Crippen LogP contribution in [0.2, 0.25) is 0 Å². The summed E-state index contributed by atoms with van der Waals surface area (Å²) in [4.78, 5) is 12.7. The van der Waals surface area contributed by atoms with Gasteiger partial charge in [0.1, 0.15) is 0 Å². The van der Waals surface area contributed by atoms with Crippen LogP contribution in [-0.4, -0.2) is 26.7 Å². The minimum Gasteiger partial charge on any atom is -0.493 e. The standard InChI is InChI=1S/C26H29NO3/c1-29-24-16-15-21-19(9-5-13-22(21)25(24)30-2)11-7-17-27-26(28)23-14-6-10-18-8-3-4-12-20(18)23/h3-4,6,8,10,12,14-16,19H,5,7,9,11,13,17H2,1-2H3,(H,27,28)/t19-/m1/s1. The fraction of sp³-hybridized carbons (Fsp3) is 0.346. The van der Waals surface area contributed by atoms with Crippen molar-refractivity contribution in [1.29, 1.82) is 0 Å². The van der Waals surface area contributed by atoms with Gasteiger partial charge in [-0.05, 0) is 66.5 Å². The average Bonchev–Trinajstić information content (AvgIpc) is 2.80. The molecule has 0 saturated carbocycles. The fourth-order valence-corrected chi connectivity index (χ4v) is 4.70. The molecule has 30 heavy (non-hydrogen) atoms. The number of amides is 1. The molecule has 0 bridgehead atoms. The first-order valence-corrected chi connectivity index (χ1v) is 10.7. The maximum absolute atomic E-state index is 12.7. The molecule has 1 aliphatic rings. The van der Waals surface area contributed by atoms with Gasteiger partial charge in [-0.2, -0.15) is 0 Å². The number of hydrogen-bond donors (Lipinski definition) is 1. The van der Waals surface area contributed by atoms with E-state index in [0.29, 0.717) is 12.5 Å². The number of hydrogen-bond acceptors (Lipinski definition) is 3. The molecule has 0 aliphatic heterocycles. The number of rotatable bonds is 7. The van der Waals surface area contributed by atoms with E-state index in [1.54, 1.807) is 14.2 Å². The summed E-state index contributed by atoms with van der Waals surface area (Å²) >= 11 is 0. The molecule has 3 aromatic rings. The molecule has 0 saturated heterocycles. The Hall–Kier alpha value is -3.01. The number of fused-ring (bicyclic) bond motifs is 2. The summed E-state index contributed by atoms with van der Waals surface area (Å²) in [5, 5.41) is 5.20. The zero-order valence-corrected chi connectivity index (χ0v) is 17.7. The molecule has 0 unspecified atom stereocenters. The Morgan fingerprint density at radius 2 is 1.87 bits per heavy atom. The van der Waals surface area contributed by atoms with Crippen molar-refractivity contribution < 1.29 is 14.3 Å². The van der Waals surface area contributed by atoms with E-state index in [4.69, 9.17) is 9.47 Å². The van der Waals surface area contributed by atoms with Gasteiger partial charge in [0.05, 0.1) is 14.2 Å². The van der Waals surface area contributed by atoms with E-state index < -0.39 is 0 Å². The van der Waals surface area contributed by atoms with Gasteiger partial charge in [-0.25, -0.2) is 0 Å². The van der Waals surface area contributed by atoms with Crippen molar-refractivity contribution in [3.8, 4) is 11.5 Å². The number of carbonyl (C=O) groups excluding carboxylic acids is 1. The molecular formula is C26H29NO3. The van der Waals surface area contributed by atoms with Gasteiger partial charge < -0.3 is 14.8 Å². The highest BCUT2D eigenvalue weighted by atomic mass is 16.5. The largest absolute Gasteiger partial charge is 0.493 e. The molecule has 4 heteroatoms. The van der Waals surface area contributed by atoms with Crippen molar-refractivity contribution in [2.24, 2.45) is 0 Å². The number of nitrogens with one attached hydrogen (secondary N) is 1. The number of methoxy groups -OCH3 is 2. The van der Waals surface area contributed by atoms with Gasteiger partial charge in [-0.15, -0.1) is 0 Å². The number of ether oxygens (including phenoxy) is 2. The van der Waals surface area contributed by atoms with E-state index in [1.165, 1.54) is 17.5 Å². The Labute approximate surface area is 178 Å². The lowest BCUT2D eigenvalue weighted by Gasteiger charge is -2.28. The van der Waals surface area contributed by atoms with Gasteiger partial charge in [0.15, 0.2) is 11.5 Å². The molecule has 0 radical (unpaired) electrons. The first-order chi connectivity index (χ1) is 14.7. The second kappa shape index (κ2) is 9.21. The van der Waals surface area contributed by atoms with Crippen LogP contribution in [0.4, 0.5) is 0 Å². The SMILES string of the molecule is COc1ccc2c(c1OC)CCC[C@@H]2CCCNC(=O)c1cccc2ccccc12. The molecule has 156 valence electrons. The van der Waals surface area contributed by atoms with E-state index in [0.717, 1.165) is 53.5 Å². The van der Waals surface area contributed by atoms with Gasteiger partial charge in [0.2, 0.25) is 0 Å². The van der Waals surface area contributed by atoms with E-state index >= 15 is 0 Å². The Bertz CT molecular complexity index is 1040. The summed E-state index contributed by atoms with van der Waals surface area (Å²) in [5.41, 5.74) is 3.40. The van der Waals surface area contributed by atoms with Crippen molar-refractivity contribution in [2.45, 2.75) is 38.0 Å². The number of carbonyl (C=O) groups is 1. The highest BCUT2D eigenvalue weighted by Gasteiger charge is 2.24. The second-order valence-electron chi connectivity index (χ2n) is 7.88. The Morgan fingerprint density at radius 1 is 1.03 bits per heavy atom. The zero-order chi connectivity index (χ0) is 20.9. The Kier molecular flexibility index (Phi) is 6.22. The topological polar surface area (TPSA) is 47.6 Å². The molecule has 1 amide bonds. The summed E-state index contributed by atoms with van der Waals surface area (Å²) in [7, 11) is 3.40. The summed E-state index contributed by atoms with van der Waals surface area (Å²) in [6, 6.07) is 18.1. The third-order valence-electron chi connectivity index (χ3n) is 6.15. The molecule has 0 fully saturated rings. The second-order valence-corrected chi connectivity index (χ2v) is 7.88. The molecule has 4 rings (SSSR count). The minimum absolute atomic E-state index is 0.00208. The van der Waals surface area contributed by atoms with Crippen molar-refractivity contribution >= 4 is 16.7 Å². The van der Waals surface area contributed by atoms with Gasteiger partial charge in [0.25, 0.3) is 5.91 Å². The van der Waals surface area contributed by atoms with E-state index in [2.05, 4.69) is 11.4 Å². The normalized spacial score (nSPS) is 15.5. The third-order valence-corrected chi connectivity index (χ3v) is 6.15. The first kappa shape index (κ1) is 20.3. The lowest BCUT2D eigenvalue weighted by atomic mass is 9.80. The average molecular weight is 404 g/mol. The summed E-state index contributed by atoms with van der Waals surface area (Å²) in [6.07, 6.45) is 5.38. The summed E-state index contributed by atoms with van der Waals surface area (Å²) in [6.45, 7) is 0.682. The predicted molar refractivity (Wildman–Crippen MR) is 121 cm³/mol. The molecule has 1 aliphatic carbocycles. The van der Waals surface area contributed by atoms with E-state index in [1.807, 2.05) is 48.5 Å². The van der Waals surface area contributed by atoms with E-state index in [-0.39, 0.29) is 5.91 Å². The third kappa shape index (κ3) is 4.00. The quantitative estimate of drug-likeness (QED) is 0.531. The Morgan fingerprint density at radius 3 is 2.70 bits per heavy atom. The smallest absolute Gasteiger partial charge is 0.251 e. The van der Waals surface area contributed by atoms with Crippen LogP contribution in [0.1, 0.15) is 53.1 Å². The van der Waals surface area contributed by atoms with Crippen molar-refractivity contribution in [1.82, 2.24) is 5.32 Å². The van der Waals surface area contributed by atoms with Crippen molar-refractivity contribution in [2.75, 3.05) is 20.8 Å². The number of benzene rings is 3. The highest BCUT2D eigenvalue weighted by molar-refractivity contribution is 6.06. The summed E-state index contributed by atoms with van der Waals surface area (Å²) in [5.74, 6) is 2.19. The van der Waals surface area contributed by atoms with E-state index in [9.17, 15) is 4.79 Å². The zero-order valence-electron chi connectivity index (χ0n) is 17.7. The van der Waals surface area contributed by atoms with Crippen LogP contribution >= 0.6 is 0 Å². The first-order valence-electron chi connectivity index (χ1n) is 10.7. The highest BCUT2D eigenvalue weighted by Crippen LogP contribution is 2.43. The van der Waals surface area contributed by atoms with Gasteiger partial charge in [-0.3, -0.25) is 4.79 Å². The maximum atomic E-state index is 12.7. The predicted octanol–water partition coefficient (Wildman–Crippen LogP) is 5.49. The lowest BCUT2D eigenvalue weighted by molar-refractivity contribution is 0.0954. The van der Waals surface area contributed by atoms with Crippen LogP contribution in [0.5, 0.6) is 11.5 Å². The van der Waals surface area contributed by atoms with Crippen LogP contribution < -0.4 is 14.8 Å². The van der Waals surface area contributed by atoms with Crippen LogP contribution in [0.15, 0.2) is 54.6 Å². The maximum Gasteiger partial charge on any atom is 0.251 e. The monoisotopic (exact) mass is 403 g/mol. The fourth-order valence-electron chi connectivity index (χ4n) is 4.70. The molecule has 0 aromatic heterocycles.